The number of carboxylic acid groups (broad SMARTS) is 1. The molecule has 1 heterocycles. The van der Waals surface area contributed by atoms with Gasteiger partial charge in [0, 0.05) is 53.0 Å². The van der Waals surface area contributed by atoms with Crippen LogP contribution < -0.4 is 28.5 Å². The Labute approximate surface area is 265 Å². The second-order valence-electron chi connectivity index (χ2n) is 13.0. The molecule has 1 aromatic heterocycles. The molecular weight excluding hydrogens is 653 g/mol. The van der Waals surface area contributed by atoms with Gasteiger partial charge in [0.2, 0.25) is 0 Å². The number of ether oxygens (including phenoxy) is 1. The number of thioether (sulfide) groups is 1. The van der Waals surface area contributed by atoms with Gasteiger partial charge in [0.25, 0.3) is 0 Å². The fraction of sp³-hybridized carbons (Fsp3) is 0.688. The van der Waals surface area contributed by atoms with Crippen LogP contribution >= 0.6 is 11.8 Å². The van der Waals surface area contributed by atoms with E-state index in [2.05, 4.69) is 27.4 Å². The first kappa shape index (κ1) is 34.0. The molecule has 2 bridgehead atoms. The molecule has 0 spiro atoms. The van der Waals surface area contributed by atoms with E-state index in [0.29, 0.717) is 19.3 Å². The van der Waals surface area contributed by atoms with Crippen molar-refractivity contribution in [1.29, 1.82) is 0 Å². The summed E-state index contributed by atoms with van der Waals surface area (Å²) < 4.78 is 8.34. The number of Topliss-reactive ketones (excluding diaryl/α,β-unsaturated/α-hetero) is 1. The molecule has 0 aliphatic heterocycles. The molecule has 2 N–H and O–H groups in total. The van der Waals surface area contributed by atoms with Crippen molar-refractivity contribution >= 4 is 29.5 Å². The minimum Gasteiger partial charge on any atom is -1.00 e. The molecule has 9 heteroatoms. The number of esters is 1. The average molecular weight is 700 g/mol. The highest BCUT2D eigenvalue weighted by molar-refractivity contribution is 8.00. The topological polar surface area (TPSA) is 105 Å². The third kappa shape index (κ3) is 6.56. The van der Waals surface area contributed by atoms with E-state index >= 15 is 0 Å². The third-order valence-electron chi connectivity index (χ3n) is 10.8. The maximum Gasteiger partial charge on any atom is 0.316 e. The largest absolute Gasteiger partial charge is 1.00 e. The predicted octanol–water partition coefficient (Wildman–Crippen LogP) is 2.23. The SMILES string of the molecule is C=C[C@]1(C)C[C@@H](OC(=O)CSc2cc[n+](CCCCC(=O)O)cc2)[C@]2(C)[C@H](C)CC[C@]3(CCC(=O)[C@H]32)[C@@H](C)[C@@H]1O.[I-]. The molecule has 3 aliphatic rings. The van der Waals surface area contributed by atoms with Gasteiger partial charge in [0.05, 0.1) is 11.9 Å². The maximum atomic E-state index is 13.5. The van der Waals surface area contributed by atoms with Crippen LogP contribution in [0.4, 0.5) is 0 Å². The van der Waals surface area contributed by atoms with Crippen LogP contribution in [-0.2, 0) is 25.7 Å². The summed E-state index contributed by atoms with van der Waals surface area (Å²) in [6.45, 7) is 13.3. The zero-order valence-corrected chi connectivity index (χ0v) is 27.8. The highest BCUT2D eigenvalue weighted by Gasteiger charge is 2.68. The molecule has 0 amide bonds. The van der Waals surface area contributed by atoms with E-state index in [-0.39, 0.29) is 71.1 Å². The Balaban J connectivity index is 0.00000462. The molecule has 3 fully saturated rings. The highest BCUT2D eigenvalue weighted by Crippen LogP contribution is 2.68. The molecule has 0 radical (unpaired) electrons. The second-order valence-corrected chi connectivity index (χ2v) is 14.0. The zero-order chi connectivity index (χ0) is 29.3. The monoisotopic (exact) mass is 699 g/mol. The van der Waals surface area contributed by atoms with Crippen molar-refractivity contribution in [3.8, 4) is 0 Å². The Morgan fingerprint density at radius 3 is 2.51 bits per heavy atom. The van der Waals surface area contributed by atoms with Gasteiger partial charge in [-0.05, 0) is 49.4 Å². The fourth-order valence-electron chi connectivity index (χ4n) is 8.10. The van der Waals surface area contributed by atoms with Crippen molar-refractivity contribution in [2.45, 2.75) is 103 Å². The molecular formula is C32H46INO6S. The number of aliphatic hydroxyl groups is 1. The molecule has 41 heavy (non-hydrogen) atoms. The minimum atomic E-state index is -0.774. The summed E-state index contributed by atoms with van der Waals surface area (Å²) in [5, 5.41) is 20.4. The van der Waals surface area contributed by atoms with Gasteiger partial charge in [0.1, 0.15) is 18.4 Å². The summed E-state index contributed by atoms with van der Waals surface area (Å²) in [7, 11) is 0. The Kier molecular flexibility index (Phi) is 11.2. The van der Waals surface area contributed by atoms with E-state index in [1.54, 1.807) is 0 Å². The van der Waals surface area contributed by atoms with E-state index in [0.717, 1.165) is 37.1 Å². The van der Waals surface area contributed by atoms with E-state index in [1.807, 2.05) is 42.1 Å². The smallest absolute Gasteiger partial charge is 0.316 e. The van der Waals surface area contributed by atoms with Gasteiger partial charge in [-0.3, -0.25) is 14.4 Å². The van der Waals surface area contributed by atoms with Gasteiger partial charge in [-0.25, -0.2) is 4.57 Å². The van der Waals surface area contributed by atoms with Crippen LogP contribution in [0.3, 0.4) is 0 Å². The summed E-state index contributed by atoms with van der Waals surface area (Å²) in [4.78, 5) is 38.5. The second kappa shape index (κ2) is 13.5. The Bertz CT molecular complexity index is 1130. The first-order valence-electron chi connectivity index (χ1n) is 14.7. The van der Waals surface area contributed by atoms with Crippen molar-refractivity contribution in [3.05, 3.63) is 37.2 Å². The van der Waals surface area contributed by atoms with Crippen LogP contribution in [0, 0.1) is 34.0 Å². The van der Waals surface area contributed by atoms with E-state index in [4.69, 9.17) is 9.84 Å². The van der Waals surface area contributed by atoms with E-state index < -0.39 is 29.0 Å². The Hall–Kier alpha value is -1.46. The first-order chi connectivity index (χ1) is 18.9. The van der Waals surface area contributed by atoms with Crippen LogP contribution in [0.2, 0.25) is 0 Å². The minimum absolute atomic E-state index is 0. The van der Waals surface area contributed by atoms with Gasteiger partial charge in [-0.15, -0.1) is 18.3 Å². The predicted molar refractivity (Wildman–Crippen MR) is 153 cm³/mol. The molecule has 3 aliphatic carbocycles. The first-order valence-corrected chi connectivity index (χ1v) is 15.7. The van der Waals surface area contributed by atoms with Crippen LogP contribution in [0.5, 0.6) is 0 Å². The lowest BCUT2D eigenvalue weighted by molar-refractivity contribution is -0.697. The molecule has 3 saturated carbocycles. The number of aliphatic hydroxyl groups excluding tert-OH is 1. The third-order valence-corrected chi connectivity index (χ3v) is 11.8. The molecule has 7 nitrogen and oxygen atoms in total. The van der Waals surface area contributed by atoms with Crippen molar-refractivity contribution < 1.29 is 57.9 Å². The number of pyridine rings is 1. The van der Waals surface area contributed by atoms with Crippen LogP contribution in [0.25, 0.3) is 0 Å². The molecule has 0 aromatic carbocycles. The highest BCUT2D eigenvalue weighted by atomic mass is 127. The van der Waals surface area contributed by atoms with Crippen molar-refractivity contribution in [2.75, 3.05) is 5.75 Å². The van der Waals surface area contributed by atoms with Crippen LogP contribution in [0.15, 0.2) is 42.1 Å². The van der Waals surface area contributed by atoms with Crippen LogP contribution in [-0.4, -0.2) is 45.9 Å². The number of nitrogens with zero attached hydrogens (tertiary/aromatic N) is 1. The molecule has 0 saturated heterocycles. The number of hydrogen-bond donors (Lipinski definition) is 2. The normalized spacial score (nSPS) is 36.3. The lowest BCUT2D eigenvalue weighted by Crippen LogP contribution is -3.00. The van der Waals surface area contributed by atoms with Gasteiger partial charge >= 0.3 is 11.9 Å². The van der Waals surface area contributed by atoms with Gasteiger partial charge in [-0.2, -0.15) is 0 Å². The average Bonchev–Trinajstić information content (AvgIpc) is 3.29. The summed E-state index contributed by atoms with van der Waals surface area (Å²) in [5.74, 6) is -0.760. The lowest BCUT2D eigenvalue weighted by atomic mass is 9.44. The molecule has 0 unspecified atom stereocenters. The number of carbonyl (C=O) groups excluding carboxylic acids is 2. The quantitative estimate of drug-likeness (QED) is 0.0965. The number of carbonyl (C=O) groups is 3. The summed E-state index contributed by atoms with van der Waals surface area (Å²) in [6.07, 6.45) is 9.74. The molecule has 1 aromatic rings. The number of unbranched alkanes of at least 4 members (excludes halogenated alkanes) is 1. The summed E-state index contributed by atoms with van der Waals surface area (Å²) in [6, 6.07) is 3.90. The molecule has 8 atom stereocenters. The number of aromatic nitrogens is 1. The number of aryl methyl sites for hydroxylation is 1. The van der Waals surface area contributed by atoms with Crippen molar-refractivity contribution in [1.82, 2.24) is 0 Å². The van der Waals surface area contributed by atoms with Gasteiger partial charge in [-0.1, -0.05) is 33.8 Å². The Morgan fingerprint density at radius 2 is 1.88 bits per heavy atom. The van der Waals surface area contributed by atoms with E-state index in [1.165, 1.54) is 11.8 Å². The van der Waals surface area contributed by atoms with E-state index in [9.17, 15) is 19.5 Å². The molecule has 228 valence electrons. The van der Waals surface area contributed by atoms with Gasteiger partial charge in [0.15, 0.2) is 12.4 Å². The number of rotatable bonds is 10. The number of aliphatic carboxylic acids is 1. The number of ketones is 1. The number of carboxylic acids is 1. The lowest BCUT2D eigenvalue weighted by Gasteiger charge is -2.61. The molecule has 4 rings (SSSR count). The van der Waals surface area contributed by atoms with Crippen LogP contribution in [0.1, 0.15) is 79.1 Å². The number of hydrogen-bond acceptors (Lipinski definition) is 6. The number of halogens is 1. The van der Waals surface area contributed by atoms with Gasteiger partial charge < -0.3 is 38.9 Å². The summed E-state index contributed by atoms with van der Waals surface area (Å²) >= 11 is 1.41. The Morgan fingerprint density at radius 1 is 1.20 bits per heavy atom. The standard InChI is InChI=1S/C32H45NO6S.HI/c1-6-30(4)19-25(31(5)21(2)10-14-32(22(3)29(30)38)15-11-24(34)28(31)32)39-27(37)20-40-23-12-17-33(18-13-23)16-8-7-9-26(35)36;/h6,12-13,17-18,21-22,25,28-29,38H,1,7-11,14-16,19-20H2,2-5H3;1H/t21-,22+,25-,28+,29+,30-,31+,32+;/m1./s1. The fourth-order valence-corrected chi connectivity index (χ4v) is 8.76. The summed E-state index contributed by atoms with van der Waals surface area (Å²) in [5.41, 5.74) is -1.43. The zero-order valence-electron chi connectivity index (χ0n) is 24.8. The maximum absolute atomic E-state index is 13.5. The van der Waals surface area contributed by atoms with Crippen molar-refractivity contribution in [3.63, 3.8) is 0 Å². The van der Waals surface area contributed by atoms with Crippen molar-refractivity contribution in [2.24, 2.45) is 34.0 Å².